The van der Waals surface area contributed by atoms with E-state index in [4.69, 9.17) is 10.5 Å². The number of carbonyl (C=O) groups is 2. The van der Waals surface area contributed by atoms with Crippen molar-refractivity contribution < 1.29 is 14.3 Å². The molecule has 5 N–H and O–H groups in total. The number of aliphatic imine (C=N–C) groups is 1. The monoisotopic (exact) mass is 363 g/mol. The van der Waals surface area contributed by atoms with Crippen molar-refractivity contribution >= 4 is 17.8 Å². The van der Waals surface area contributed by atoms with Crippen molar-refractivity contribution in [3.63, 3.8) is 0 Å². The molecule has 1 aromatic carbocycles. The van der Waals surface area contributed by atoms with Gasteiger partial charge in [0, 0.05) is 25.8 Å². The number of carbonyl (C=O) groups excluding carboxylic acids is 2. The lowest BCUT2D eigenvalue weighted by atomic mass is 10.1. The molecular formula is C18H29N5O3. The van der Waals surface area contributed by atoms with E-state index in [1.165, 1.54) is 0 Å². The fourth-order valence-electron chi connectivity index (χ4n) is 1.91. The maximum atomic E-state index is 11.8. The summed E-state index contributed by atoms with van der Waals surface area (Å²) in [6.45, 7) is 7.63. The second-order valence-corrected chi connectivity index (χ2v) is 6.36. The van der Waals surface area contributed by atoms with Crippen molar-refractivity contribution in [3.8, 4) is 0 Å². The van der Waals surface area contributed by atoms with E-state index in [-0.39, 0.29) is 18.1 Å². The highest BCUT2D eigenvalue weighted by atomic mass is 16.5. The first-order chi connectivity index (χ1) is 12.3. The molecule has 1 rings (SSSR count). The Kier molecular flexibility index (Phi) is 8.57. The Balaban J connectivity index is 2.66. The largest absolute Gasteiger partial charge is 0.377 e. The summed E-state index contributed by atoms with van der Waals surface area (Å²) in [5.41, 5.74) is 6.13. The molecule has 0 saturated heterocycles. The molecule has 0 spiro atoms. The molecule has 26 heavy (non-hydrogen) atoms. The fraction of sp³-hybridized carbons (Fsp3) is 0.500. The minimum atomic E-state index is -0.579. The Labute approximate surface area is 154 Å². The van der Waals surface area contributed by atoms with Gasteiger partial charge in [-0.05, 0) is 38.5 Å². The molecule has 0 saturated carbocycles. The summed E-state index contributed by atoms with van der Waals surface area (Å²) in [4.78, 5) is 27.1. The van der Waals surface area contributed by atoms with Crippen molar-refractivity contribution in [2.75, 3.05) is 26.7 Å². The predicted molar refractivity (Wildman–Crippen MR) is 102 cm³/mol. The molecule has 0 radical (unpaired) electrons. The van der Waals surface area contributed by atoms with Crippen molar-refractivity contribution in [2.24, 2.45) is 10.7 Å². The second kappa shape index (κ2) is 10.4. The van der Waals surface area contributed by atoms with Gasteiger partial charge in [0.25, 0.3) is 5.91 Å². The van der Waals surface area contributed by atoms with Crippen LogP contribution >= 0.6 is 0 Å². The van der Waals surface area contributed by atoms with Gasteiger partial charge in [-0.3, -0.25) is 9.59 Å². The summed E-state index contributed by atoms with van der Waals surface area (Å²) >= 11 is 0. The van der Waals surface area contributed by atoms with E-state index in [2.05, 4.69) is 20.9 Å². The van der Waals surface area contributed by atoms with E-state index in [0.29, 0.717) is 24.6 Å². The first kappa shape index (κ1) is 21.4. The van der Waals surface area contributed by atoms with Crippen LogP contribution in [0, 0.1) is 0 Å². The summed E-state index contributed by atoms with van der Waals surface area (Å²) in [6.07, 6.45) is 0. The minimum Gasteiger partial charge on any atom is -0.377 e. The third kappa shape index (κ3) is 7.98. The fourth-order valence-corrected chi connectivity index (χ4v) is 1.91. The summed E-state index contributed by atoms with van der Waals surface area (Å²) in [7, 11) is 1.67. The summed E-state index contributed by atoms with van der Waals surface area (Å²) < 4.78 is 5.39. The predicted octanol–water partition coefficient (Wildman–Crippen LogP) is 0.382. The lowest BCUT2D eigenvalue weighted by molar-refractivity contribution is -0.117. The van der Waals surface area contributed by atoms with Gasteiger partial charge in [-0.15, -0.1) is 0 Å². The number of methoxy groups -OCH3 is 1. The average Bonchev–Trinajstić information content (AvgIpc) is 2.62. The molecule has 1 aromatic rings. The van der Waals surface area contributed by atoms with Crippen LogP contribution in [-0.4, -0.2) is 50.1 Å². The summed E-state index contributed by atoms with van der Waals surface area (Å²) in [6, 6.07) is 7.03. The molecule has 144 valence electrons. The van der Waals surface area contributed by atoms with Crippen LogP contribution in [0.5, 0.6) is 0 Å². The number of benzene rings is 1. The Morgan fingerprint density at radius 1 is 1.15 bits per heavy atom. The maximum absolute atomic E-state index is 11.8. The standard InChI is InChI=1S/C18H29N5O3/c1-5-20-17(23-12-18(2,3)26-4)22-10-13-6-8-14(9-7-13)16(25)21-11-15(19)24/h6-9H,5,10-12H2,1-4H3,(H2,19,24)(H,21,25)(H2,20,22,23). The second-order valence-electron chi connectivity index (χ2n) is 6.36. The van der Waals surface area contributed by atoms with E-state index in [1.807, 2.05) is 32.9 Å². The number of amides is 2. The number of nitrogens with one attached hydrogen (secondary N) is 3. The molecule has 0 atom stereocenters. The van der Waals surface area contributed by atoms with E-state index in [9.17, 15) is 9.59 Å². The zero-order valence-corrected chi connectivity index (χ0v) is 15.9. The zero-order valence-electron chi connectivity index (χ0n) is 15.9. The van der Waals surface area contributed by atoms with Crippen molar-refractivity contribution in [1.29, 1.82) is 0 Å². The lowest BCUT2D eigenvalue weighted by Gasteiger charge is -2.24. The highest BCUT2D eigenvalue weighted by Crippen LogP contribution is 2.07. The number of hydrogen-bond donors (Lipinski definition) is 4. The summed E-state index contributed by atoms with van der Waals surface area (Å²) in [5.74, 6) is -0.221. The van der Waals surface area contributed by atoms with Crippen LogP contribution in [0.15, 0.2) is 29.3 Å². The molecule has 0 heterocycles. The third-order valence-corrected chi connectivity index (χ3v) is 3.64. The van der Waals surface area contributed by atoms with Crippen LogP contribution in [0.25, 0.3) is 0 Å². The summed E-state index contributed by atoms with van der Waals surface area (Å²) in [5, 5.41) is 8.88. The molecule has 8 heteroatoms. The van der Waals surface area contributed by atoms with Gasteiger partial charge in [0.15, 0.2) is 5.96 Å². The van der Waals surface area contributed by atoms with Gasteiger partial charge >= 0.3 is 0 Å². The SMILES string of the molecule is CCNC(=NCc1ccc(C(=O)NCC(N)=O)cc1)NCC(C)(C)OC. The molecule has 0 aliphatic heterocycles. The lowest BCUT2D eigenvalue weighted by Crippen LogP contribution is -2.45. The van der Waals surface area contributed by atoms with E-state index < -0.39 is 5.91 Å². The average molecular weight is 363 g/mol. The minimum absolute atomic E-state index is 0.180. The first-order valence-corrected chi connectivity index (χ1v) is 8.50. The number of rotatable bonds is 9. The van der Waals surface area contributed by atoms with E-state index >= 15 is 0 Å². The van der Waals surface area contributed by atoms with Gasteiger partial charge in [-0.25, -0.2) is 4.99 Å². The van der Waals surface area contributed by atoms with Crippen LogP contribution < -0.4 is 21.7 Å². The smallest absolute Gasteiger partial charge is 0.251 e. The van der Waals surface area contributed by atoms with Gasteiger partial charge in [-0.1, -0.05) is 12.1 Å². The first-order valence-electron chi connectivity index (χ1n) is 8.50. The number of guanidine groups is 1. The highest BCUT2D eigenvalue weighted by Gasteiger charge is 2.16. The van der Waals surface area contributed by atoms with Crippen LogP contribution in [0.2, 0.25) is 0 Å². The molecule has 0 aromatic heterocycles. The molecule has 8 nitrogen and oxygen atoms in total. The van der Waals surface area contributed by atoms with Gasteiger partial charge in [-0.2, -0.15) is 0 Å². The number of ether oxygens (including phenoxy) is 1. The Bertz CT molecular complexity index is 626. The van der Waals surface area contributed by atoms with E-state index in [0.717, 1.165) is 12.1 Å². The topological polar surface area (TPSA) is 118 Å². The third-order valence-electron chi connectivity index (χ3n) is 3.64. The van der Waals surface area contributed by atoms with Gasteiger partial charge < -0.3 is 26.4 Å². The molecule has 0 fully saturated rings. The van der Waals surface area contributed by atoms with Gasteiger partial charge in [0.05, 0.1) is 18.7 Å². The quantitative estimate of drug-likeness (QED) is 0.374. The van der Waals surface area contributed by atoms with Crippen molar-refractivity contribution in [1.82, 2.24) is 16.0 Å². The molecule has 0 aliphatic carbocycles. The normalized spacial score (nSPS) is 11.8. The number of hydrogen-bond acceptors (Lipinski definition) is 4. The van der Waals surface area contributed by atoms with Crippen LogP contribution in [-0.2, 0) is 16.1 Å². The Morgan fingerprint density at radius 3 is 2.35 bits per heavy atom. The molecule has 0 aliphatic rings. The van der Waals surface area contributed by atoms with Gasteiger partial charge in [0.1, 0.15) is 0 Å². The maximum Gasteiger partial charge on any atom is 0.251 e. The Morgan fingerprint density at radius 2 is 1.81 bits per heavy atom. The number of primary amides is 1. The molecular weight excluding hydrogens is 334 g/mol. The molecule has 0 unspecified atom stereocenters. The molecule has 0 bridgehead atoms. The highest BCUT2D eigenvalue weighted by molar-refractivity contribution is 5.96. The molecule has 2 amide bonds. The van der Waals surface area contributed by atoms with Gasteiger partial charge in [0.2, 0.25) is 5.91 Å². The zero-order chi connectivity index (χ0) is 19.6. The van der Waals surface area contributed by atoms with Crippen molar-refractivity contribution in [2.45, 2.75) is 32.9 Å². The Hall–Kier alpha value is -2.61. The van der Waals surface area contributed by atoms with Crippen LogP contribution in [0.4, 0.5) is 0 Å². The number of nitrogens with zero attached hydrogens (tertiary/aromatic N) is 1. The number of nitrogens with two attached hydrogens (primary N) is 1. The van der Waals surface area contributed by atoms with E-state index in [1.54, 1.807) is 19.2 Å². The van der Waals surface area contributed by atoms with Crippen molar-refractivity contribution in [3.05, 3.63) is 35.4 Å². The van der Waals surface area contributed by atoms with Crippen LogP contribution in [0.3, 0.4) is 0 Å². The van der Waals surface area contributed by atoms with Crippen LogP contribution in [0.1, 0.15) is 36.7 Å².